The fourth-order valence-corrected chi connectivity index (χ4v) is 5.29. The Balaban J connectivity index is 1.49. The van der Waals surface area contributed by atoms with Crippen LogP contribution in [0, 0.1) is 0 Å². The van der Waals surface area contributed by atoms with Crippen LogP contribution in [0.1, 0.15) is 5.56 Å². The lowest BCUT2D eigenvalue weighted by atomic mass is 10.2. The van der Waals surface area contributed by atoms with Crippen molar-refractivity contribution in [3.05, 3.63) is 65.2 Å². The van der Waals surface area contributed by atoms with Crippen LogP contribution >= 0.6 is 23.4 Å². The van der Waals surface area contributed by atoms with Gasteiger partial charge in [0, 0.05) is 37.0 Å². The van der Waals surface area contributed by atoms with Crippen LogP contribution in [-0.4, -0.2) is 55.5 Å². The number of benzene rings is 2. The van der Waals surface area contributed by atoms with E-state index in [1.165, 1.54) is 22.0 Å². The summed E-state index contributed by atoms with van der Waals surface area (Å²) in [6.45, 7) is 1.44. The minimum absolute atomic E-state index is 0.0551. The van der Waals surface area contributed by atoms with E-state index in [2.05, 4.69) is 0 Å². The summed E-state index contributed by atoms with van der Waals surface area (Å²) in [5.41, 5.74) is 1.19. The highest BCUT2D eigenvalue weighted by Crippen LogP contribution is 2.20. The third-order valence-corrected chi connectivity index (χ3v) is 7.53. The smallest absolute Gasteiger partial charge is 0.243 e. The summed E-state index contributed by atoms with van der Waals surface area (Å²) in [4.78, 5) is 14.3. The first-order chi connectivity index (χ1) is 13.0. The van der Waals surface area contributed by atoms with Gasteiger partial charge >= 0.3 is 0 Å². The van der Waals surface area contributed by atoms with Gasteiger partial charge in [-0.1, -0.05) is 41.9 Å². The standard InChI is InChI=1S/C19H21ClN2O3S2/c20-17-6-8-18(9-7-17)27(24,25)22-12-10-21(11-13-22)19(23)15-26-14-16-4-2-1-3-5-16/h1-9H,10-15H2. The summed E-state index contributed by atoms with van der Waals surface area (Å²) in [6.07, 6.45) is 0. The predicted octanol–water partition coefficient (Wildman–Crippen LogP) is 3.11. The highest BCUT2D eigenvalue weighted by Gasteiger charge is 2.29. The summed E-state index contributed by atoms with van der Waals surface area (Å²) < 4.78 is 26.8. The van der Waals surface area contributed by atoms with Crippen LogP contribution in [0.2, 0.25) is 5.02 Å². The van der Waals surface area contributed by atoms with Crippen molar-refractivity contribution in [3.63, 3.8) is 0 Å². The molecule has 0 bridgehead atoms. The van der Waals surface area contributed by atoms with Crippen molar-refractivity contribution in [1.29, 1.82) is 0 Å². The van der Waals surface area contributed by atoms with Crippen LogP contribution in [0.5, 0.6) is 0 Å². The van der Waals surface area contributed by atoms with Gasteiger partial charge in [0.05, 0.1) is 10.6 Å². The third kappa shape index (κ3) is 5.25. The second kappa shape index (κ2) is 9.10. The van der Waals surface area contributed by atoms with Crippen LogP contribution in [0.4, 0.5) is 0 Å². The molecule has 2 aromatic rings. The zero-order valence-electron chi connectivity index (χ0n) is 14.8. The minimum Gasteiger partial charge on any atom is -0.339 e. The number of hydrogen-bond acceptors (Lipinski definition) is 4. The summed E-state index contributed by atoms with van der Waals surface area (Å²) >= 11 is 7.40. The van der Waals surface area contributed by atoms with Gasteiger partial charge in [-0.05, 0) is 29.8 Å². The van der Waals surface area contributed by atoms with Gasteiger partial charge in [-0.3, -0.25) is 4.79 Å². The maximum absolute atomic E-state index is 12.7. The molecule has 8 heteroatoms. The number of hydrogen-bond donors (Lipinski definition) is 0. The number of piperazine rings is 1. The molecule has 0 aliphatic carbocycles. The molecule has 0 radical (unpaired) electrons. The van der Waals surface area contributed by atoms with Crippen LogP contribution in [0.3, 0.4) is 0 Å². The molecule has 0 saturated carbocycles. The largest absolute Gasteiger partial charge is 0.339 e. The predicted molar refractivity (Wildman–Crippen MR) is 109 cm³/mol. The molecule has 1 fully saturated rings. The van der Waals surface area contributed by atoms with Crippen molar-refractivity contribution in [2.45, 2.75) is 10.6 Å². The van der Waals surface area contributed by atoms with Gasteiger partial charge in [-0.25, -0.2) is 8.42 Å². The van der Waals surface area contributed by atoms with E-state index < -0.39 is 10.0 Å². The molecule has 3 rings (SSSR count). The summed E-state index contributed by atoms with van der Waals surface area (Å²) in [5, 5.41) is 0.498. The molecule has 1 amide bonds. The maximum atomic E-state index is 12.7. The molecule has 0 unspecified atom stereocenters. The average Bonchev–Trinajstić information content (AvgIpc) is 2.69. The summed E-state index contributed by atoms with van der Waals surface area (Å²) in [5.74, 6) is 1.25. The summed E-state index contributed by atoms with van der Waals surface area (Å²) in [7, 11) is -3.55. The second-order valence-electron chi connectivity index (χ2n) is 6.22. The molecular formula is C19H21ClN2O3S2. The number of amides is 1. The molecule has 1 aliphatic heterocycles. The first-order valence-corrected chi connectivity index (χ1v) is 11.6. The molecule has 0 aromatic heterocycles. The van der Waals surface area contributed by atoms with E-state index >= 15 is 0 Å². The van der Waals surface area contributed by atoms with Gasteiger partial charge in [0.25, 0.3) is 0 Å². The lowest BCUT2D eigenvalue weighted by Gasteiger charge is -2.34. The number of thioether (sulfide) groups is 1. The number of carbonyl (C=O) groups excluding carboxylic acids is 1. The Morgan fingerprint density at radius 1 is 0.963 bits per heavy atom. The Bertz CT molecular complexity index is 866. The van der Waals surface area contributed by atoms with Crippen LogP contribution in [-0.2, 0) is 20.6 Å². The van der Waals surface area contributed by atoms with E-state index in [-0.39, 0.29) is 10.8 Å². The average molecular weight is 425 g/mol. The van der Waals surface area contributed by atoms with Crippen molar-refractivity contribution in [3.8, 4) is 0 Å². The van der Waals surface area contributed by atoms with Gasteiger partial charge < -0.3 is 4.90 Å². The molecular weight excluding hydrogens is 404 g/mol. The van der Waals surface area contributed by atoms with E-state index in [0.717, 1.165) is 5.75 Å². The van der Waals surface area contributed by atoms with Gasteiger partial charge in [0.15, 0.2) is 0 Å². The highest BCUT2D eigenvalue weighted by molar-refractivity contribution is 7.99. The highest BCUT2D eigenvalue weighted by atomic mass is 35.5. The van der Waals surface area contributed by atoms with Crippen LogP contribution in [0.15, 0.2) is 59.5 Å². The fourth-order valence-electron chi connectivity index (χ4n) is 2.86. The van der Waals surface area contributed by atoms with Crippen molar-refractivity contribution in [2.24, 2.45) is 0 Å². The number of nitrogens with zero attached hydrogens (tertiary/aromatic N) is 2. The van der Waals surface area contributed by atoms with E-state index in [1.807, 2.05) is 30.3 Å². The van der Waals surface area contributed by atoms with Crippen molar-refractivity contribution < 1.29 is 13.2 Å². The summed E-state index contributed by atoms with van der Waals surface area (Å²) in [6, 6.07) is 16.2. The lowest BCUT2D eigenvalue weighted by molar-refractivity contribution is -0.129. The normalized spacial score (nSPS) is 15.7. The van der Waals surface area contributed by atoms with Gasteiger partial charge in [0.2, 0.25) is 15.9 Å². The van der Waals surface area contributed by atoms with Gasteiger partial charge in [-0.15, -0.1) is 11.8 Å². The number of halogens is 1. The molecule has 1 heterocycles. The monoisotopic (exact) mass is 424 g/mol. The molecule has 5 nitrogen and oxygen atoms in total. The molecule has 1 saturated heterocycles. The molecule has 1 aliphatic rings. The van der Waals surface area contributed by atoms with E-state index in [9.17, 15) is 13.2 Å². The Kier molecular flexibility index (Phi) is 6.81. The van der Waals surface area contributed by atoms with Crippen molar-refractivity contribution in [1.82, 2.24) is 9.21 Å². The number of sulfonamides is 1. The van der Waals surface area contributed by atoms with Crippen LogP contribution in [0.25, 0.3) is 0 Å². The SMILES string of the molecule is O=C(CSCc1ccccc1)N1CCN(S(=O)(=O)c2ccc(Cl)cc2)CC1. The Morgan fingerprint density at radius 3 is 2.22 bits per heavy atom. The molecule has 0 spiro atoms. The van der Waals surface area contributed by atoms with Crippen LogP contribution < -0.4 is 0 Å². The van der Waals surface area contributed by atoms with Gasteiger partial charge in [-0.2, -0.15) is 4.31 Å². The Hall–Kier alpha value is -1.54. The first kappa shape index (κ1) is 20.2. The van der Waals surface area contributed by atoms with Crippen molar-refractivity contribution >= 4 is 39.3 Å². The first-order valence-electron chi connectivity index (χ1n) is 8.62. The topological polar surface area (TPSA) is 57.7 Å². The number of carbonyl (C=O) groups is 1. The minimum atomic E-state index is -3.55. The number of rotatable bonds is 6. The van der Waals surface area contributed by atoms with E-state index in [1.54, 1.807) is 28.8 Å². The zero-order valence-corrected chi connectivity index (χ0v) is 17.1. The zero-order chi connectivity index (χ0) is 19.3. The Morgan fingerprint density at radius 2 is 1.59 bits per heavy atom. The van der Waals surface area contributed by atoms with E-state index in [4.69, 9.17) is 11.6 Å². The van der Waals surface area contributed by atoms with Crippen molar-refractivity contribution in [2.75, 3.05) is 31.9 Å². The molecule has 0 atom stereocenters. The van der Waals surface area contributed by atoms with E-state index in [0.29, 0.717) is 37.0 Å². The maximum Gasteiger partial charge on any atom is 0.243 e. The molecule has 0 N–H and O–H groups in total. The Labute approximate surface area is 169 Å². The fraction of sp³-hybridized carbons (Fsp3) is 0.316. The van der Waals surface area contributed by atoms with Gasteiger partial charge in [0.1, 0.15) is 0 Å². The molecule has 27 heavy (non-hydrogen) atoms. The molecule has 144 valence electrons. The quantitative estimate of drug-likeness (QED) is 0.714. The molecule has 2 aromatic carbocycles. The lowest BCUT2D eigenvalue weighted by Crippen LogP contribution is -2.50. The third-order valence-electron chi connectivity index (χ3n) is 4.38. The second-order valence-corrected chi connectivity index (χ2v) is 9.58.